The summed E-state index contributed by atoms with van der Waals surface area (Å²) in [6, 6.07) is 8.42. The first kappa shape index (κ1) is 21.8. The van der Waals surface area contributed by atoms with Crippen LogP contribution in [0.3, 0.4) is 0 Å². The molecule has 0 saturated heterocycles. The van der Waals surface area contributed by atoms with Crippen LogP contribution in [0.5, 0.6) is 5.75 Å². The van der Waals surface area contributed by atoms with E-state index in [-0.39, 0.29) is 17.5 Å². The Bertz CT molecular complexity index is 722. The molecule has 2 amide bonds. The summed E-state index contributed by atoms with van der Waals surface area (Å²) in [5.74, 6) is 0.628. The van der Waals surface area contributed by atoms with E-state index in [0.717, 1.165) is 18.6 Å². The number of benzene rings is 1. The number of hydrogen-bond donors (Lipinski definition) is 2. The zero-order valence-corrected chi connectivity index (χ0v) is 16.6. The van der Waals surface area contributed by atoms with E-state index in [4.69, 9.17) is 9.15 Å². The van der Waals surface area contributed by atoms with Crippen LogP contribution in [-0.4, -0.2) is 43.0 Å². The second-order valence-electron chi connectivity index (χ2n) is 6.09. The molecule has 1 atom stereocenters. The fourth-order valence-corrected chi connectivity index (χ4v) is 2.90. The van der Waals surface area contributed by atoms with E-state index in [9.17, 15) is 14.0 Å². The molecular formula is C20H25FN2O4S. The molecule has 0 bridgehead atoms. The zero-order chi connectivity index (χ0) is 20.2. The minimum absolute atomic E-state index is 0.180. The quantitative estimate of drug-likeness (QED) is 0.527. The van der Waals surface area contributed by atoms with Gasteiger partial charge in [0.05, 0.1) is 12.9 Å². The predicted octanol–water partition coefficient (Wildman–Crippen LogP) is 3.25. The predicted molar refractivity (Wildman–Crippen MR) is 107 cm³/mol. The lowest BCUT2D eigenvalue weighted by atomic mass is 10.2. The molecule has 1 unspecified atom stereocenters. The molecule has 8 heteroatoms. The van der Waals surface area contributed by atoms with Gasteiger partial charge in [-0.15, -0.1) is 0 Å². The maximum Gasteiger partial charge on any atom is 0.287 e. The van der Waals surface area contributed by atoms with Crippen molar-refractivity contribution in [1.29, 1.82) is 0 Å². The number of hydrogen-bond acceptors (Lipinski definition) is 5. The van der Waals surface area contributed by atoms with Gasteiger partial charge in [-0.1, -0.05) is 0 Å². The summed E-state index contributed by atoms with van der Waals surface area (Å²) in [6.45, 7) is 0.963. The average molecular weight is 408 g/mol. The number of ether oxygens (including phenoxy) is 1. The lowest BCUT2D eigenvalue weighted by Gasteiger charge is -2.17. The summed E-state index contributed by atoms with van der Waals surface area (Å²) in [6.07, 6.45) is 5.37. The van der Waals surface area contributed by atoms with E-state index >= 15 is 0 Å². The van der Waals surface area contributed by atoms with Crippen LogP contribution in [0.1, 0.15) is 29.8 Å². The van der Waals surface area contributed by atoms with E-state index in [2.05, 4.69) is 10.6 Å². The Kier molecular flexibility index (Phi) is 9.41. The van der Waals surface area contributed by atoms with Gasteiger partial charge in [-0.05, 0) is 67.7 Å². The molecule has 0 radical (unpaired) electrons. The Morgan fingerprint density at radius 2 is 2.00 bits per heavy atom. The first-order valence-electron chi connectivity index (χ1n) is 9.09. The van der Waals surface area contributed by atoms with Gasteiger partial charge in [-0.25, -0.2) is 4.39 Å². The van der Waals surface area contributed by atoms with E-state index in [1.54, 1.807) is 36.0 Å². The number of unbranched alkanes of at least 4 members (excludes halogenated alkanes) is 1. The number of halogens is 1. The summed E-state index contributed by atoms with van der Waals surface area (Å²) in [7, 11) is 0. The molecule has 1 aromatic heterocycles. The molecule has 0 fully saturated rings. The second kappa shape index (κ2) is 12.1. The highest BCUT2D eigenvalue weighted by atomic mass is 32.2. The molecule has 0 aliphatic heterocycles. The van der Waals surface area contributed by atoms with Crippen LogP contribution < -0.4 is 15.4 Å². The summed E-state index contributed by atoms with van der Waals surface area (Å²) >= 11 is 1.61. The summed E-state index contributed by atoms with van der Waals surface area (Å²) in [5.41, 5.74) is 0. The van der Waals surface area contributed by atoms with Crippen molar-refractivity contribution in [3.05, 3.63) is 54.2 Å². The maximum atomic E-state index is 12.8. The topological polar surface area (TPSA) is 80.6 Å². The highest BCUT2D eigenvalue weighted by molar-refractivity contribution is 7.98. The van der Waals surface area contributed by atoms with Gasteiger partial charge in [-0.3, -0.25) is 9.59 Å². The standard InChI is InChI=1S/C20H25FN2O4S/c1-28-14-10-17(23-20(25)18-5-4-13-27-18)19(24)22-11-2-3-12-26-16-8-6-15(21)7-9-16/h4-9,13,17H,2-3,10-12,14H2,1H3,(H,22,24)(H,23,25). The fourth-order valence-electron chi connectivity index (χ4n) is 2.42. The van der Waals surface area contributed by atoms with E-state index in [0.29, 0.717) is 25.3 Å². The Hall–Kier alpha value is -2.48. The lowest BCUT2D eigenvalue weighted by molar-refractivity contribution is -0.123. The Labute approximate surface area is 168 Å². The molecule has 0 spiro atoms. The minimum Gasteiger partial charge on any atom is -0.494 e. The molecule has 6 nitrogen and oxygen atoms in total. The Morgan fingerprint density at radius 1 is 1.21 bits per heavy atom. The number of rotatable bonds is 12. The molecule has 1 heterocycles. The van der Waals surface area contributed by atoms with Gasteiger partial charge in [-0.2, -0.15) is 11.8 Å². The van der Waals surface area contributed by atoms with Crippen molar-refractivity contribution in [3.8, 4) is 5.75 Å². The third kappa shape index (κ3) is 7.64. The van der Waals surface area contributed by atoms with Crippen molar-refractivity contribution < 1.29 is 23.1 Å². The molecule has 0 aliphatic carbocycles. The van der Waals surface area contributed by atoms with Gasteiger partial charge < -0.3 is 19.8 Å². The van der Waals surface area contributed by atoms with E-state index in [1.165, 1.54) is 18.4 Å². The number of carbonyl (C=O) groups excluding carboxylic acids is 2. The van der Waals surface area contributed by atoms with Crippen molar-refractivity contribution in [2.75, 3.05) is 25.2 Å². The van der Waals surface area contributed by atoms with Crippen molar-refractivity contribution >= 4 is 23.6 Å². The minimum atomic E-state index is -0.611. The SMILES string of the molecule is CSCCC(NC(=O)c1ccco1)C(=O)NCCCCOc1ccc(F)cc1. The molecule has 2 aromatic rings. The zero-order valence-electron chi connectivity index (χ0n) is 15.8. The fraction of sp³-hybridized carbons (Fsp3) is 0.400. The van der Waals surface area contributed by atoms with E-state index in [1.807, 2.05) is 6.26 Å². The molecule has 152 valence electrons. The number of carbonyl (C=O) groups is 2. The molecule has 1 aromatic carbocycles. The Balaban J connectivity index is 1.68. The van der Waals surface area contributed by atoms with Crippen LogP contribution in [0.15, 0.2) is 47.1 Å². The first-order valence-corrected chi connectivity index (χ1v) is 10.5. The summed E-state index contributed by atoms with van der Waals surface area (Å²) < 4.78 is 23.4. The third-order valence-corrected chi connectivity index (χ3v) is 4.57. The van der Waals surface area contributed by atoms with Crippen LogP contribution in [0.25, 0.3) is 0 Å². The molecule has 2 rings (SSSR count). The molecule has 0 aliphatic rings. The van der Waals surface area contributed by atoms with Crippen LogP contribution in [0, 0.1) is 5.82 Å². The van der Waals surface area contributed by atoms with Crippen molar-refractivity contribution in [3.63, 3.8) is 0 Å². The monoisotopic (exact) mass is 408 g/mol. The number of furan rings is 1. The number of thioether (sulfide) groups is 1. The largest absolute Gasteiger partial charge is 0.494 e. The van der Waals surface area contributed by atoms with Crippen molar-refractivity contribution in [1.82, 2.24) is 10.6 Å². The maximum absolute atomic E-state index is 12.8. The van der Waals surface area contributed by atoms with Gasteiger partial charge in [0.1, 0.15) is 17.6 Å². The van der Waals surface area contributed by atoms with Crippen LogP contribution in [-0.2, 0) is 4.79 Å². The molecular weight excluding hydrogens is 383 g/mol. The molecule has 28 heavy (non-hydrogen) atoms. The van der Waals surface area contributed by atoms with Crippen LogP contribution >= 0.6 is 11.8 Å². The van der Waals surface area contributed by atoms with Gasteiger partial charge >= 0.3 is 0 Å². The third-order valence-electron chi connectivity index (χ3n) is 3.93. The Morgan fingerprint density at radius 3 is 2.68 bits per heavy atom. The highest BCUT2D eigenvalue weighted by Gasteiger charge is 2.21. The average Bonchev–Trinajstić information content (AvgIpc) is 3.24. The number of nitrogens with one attached hydrogen (secondary N) is 2. The molecule has 2 N–H and O–H groups in total. The van der Waals surface area contributed by atoms with Crippen molar-refractivity contribution in [2.45, 2.75) is 25.3 Å². The van der Waals surface area contributed by atoms with Gasteiger partial charge in [0.2, 0.25) is 5.91 Å². The first-order chi connectivity index (χ1) is 13.6. The van der Waals surface area contributed by atoms with Gasteiger partial charge in [0.25, 0.3) is 5.91 Å². The smallest absolute Gasteiger partial charge is 0.287 e. The highest BCUT2D eigenvalue weighted by Crippen LogP contribution is 2.11. The van der Waals surface area contributed by atoms with Gasteiger partial charge in [0.15, 0.2) is 5.76 Å². The summed E-state index contributed by atoms with van der Waals surface area (Å²) in [4.78, 5) is 24.5. The summed E-state index contributed by atoms with van der Waals surface area (Å²) in [5, 5.41) is 5.57. The van der Waals surface area contributed by atoms with E-state index < -0.39 is 11.9 Å². The van der Waals surface area contributed by atoms with Gasteiger partial charge in [0, 0.05) is 6.54 Å². The van der Waals surface area contributed by atoms with Crippen LogP contribution in [0.4, 0.5) is 4.39 Å². The second-order valence-corrected chi connectivity index (χ2v) is 7.07. The number of amides is 2. The van der Waals surface area contributed by atoms with Crippen molar-refractivity contribution in [2.24, 2.45) is 0 Å². The normalized spacial score (nSPS) is 11.6. The lowest BCUT2D eigenvalue weighted by Crippen LogP contribution is -2.47. The van der Waals surface area contributed by atoms with Crippen LogP contribution in [0.2, 0.25) is 0 Å². The molecule has 0 saturated carbocycles.